The summed E-state index contributed by atoms with van der Waals surface area (Å²) in [5, 5.41) is 10.3. The fourth-order valence-corrected chi connectivity index (χ4v) is 2.22. The Bertz CT molecular complexity index is 289. The average Bonchev–Trinajstić information content (AvgIpc) is 2.71. The maximum absolute atomic E-state index is 9.34. The van der Waals surface area contributed by atoms with Crippen LogP contribution in [0.4, 0.5) is 5.13 Å². The first-order chi connectivity index (χ1) is 6.29. The van der Waals surface area contributed by atoms with E-state index in [1.807, 2.05) is 6.92 Å². The minimum atomic E-state index is -0.186. The molecule has 13 heavy (non-hydrogen) atoms. The molecule has 0 saturated carbocycles. The molecule has 0 bridgehead atoms. The molecule has 0 aromatic carbocycles. The molecule has 1 saturated heterocycles. The summed E-state index contributed by atoms with van der Waals surface area (Å²) in [6.45, 7) is 3.66. The van der Waals surface area contributed by atoms with Crippen LogP contribution in [0, 0.1) is 0 Å². The normalized spacial score (nSPS) is 22.6. The zero-order valence-corrected chi connectivity index (χ0v) is 8.42. The molecule has 1 aromatic rings. The summed E-state index contributed by atoms with van der Waals surface area (Å²) in [4.78, 5) is 6.47. The zero-order valence-electron chi connectivity index (χ0n) is 7.60. The largest absolute Gasteiger partial charge is 0.391 e. The molecular formula is C8H13N3OS. The molecule has 72 valence electrons. The standard InChI is InChI=1S/C8H13N3OS/c1-2-7-9-8(13-10-7)11-4-3-6(12)5-11/h6,12H,2-5H2,1H3. The van der Waals surface area contributed by atoms with Crippen LogP contribution in [0.25, 0.3) is 0 Å². The maximum Gasteiger partial charge on any atom is 0.205 e. The first-order valence-electron chi connectivity index (χ1n) is 4.55. The second kappa shape index (κ2) is 3.59. The van der Waals surface area contributed by atoms with Crippen molar-refractivity contribution < 1.29 is 5.11 Å². The number of aromatic nitrogens is 2. The lowest BCUT2D eigenvalue weighted by Gasteiger charge is -2.11. The van der Waals surface area contributed by atoms with E-state index >= 15 is 0 Å². The molecule has 5 heteroatoms. The Labute approximate surface area is 81.4 Å². The highest BCUT2D eigenvalue weighted by molar-refractivity contribution is 7.09. The second-order valence-corrected chi connectivity index (χ2v) is 3.97. The molecule has 0 radical (unpaired) electrons. The molecule has 1 aliphatic heterocycles. The smallest absolute Gasteiger partial charge is 0.205 e. The summed E-state index contributed by atoms with van der Waals surface area (Å²) in [5.41, 5.74) is 0. The van der Waals surface area contributed by atoms with E-state index in [1.165, 1.54) is 11.5 Å². The van der Waals surface area contributed by atoms with Crippen LogP contribution in [0.2, 0.25) is 0 Å². The first kappa shape index (κ1) is 8.90. The average molecular weight is 199 g/mol. The summed E-state index contributed by atoms with van der Waals surface area (Å²) >= 11 is 1.43. The molecule has 0 aliphatic carbocycles. The molecule has 4 nitrogen and oxygen atoms in total. The van der Waals surface area contributed by atoms with E-state index in [1.54, 1.807) is 0 Å². The number of hydrogen-bond donors (Lipinski definition) is 1. The van der Waals surface area contributed by atoms with Gasteiger partial charge in [0.1, 0.15) is 5.82 Å². The molecule has 0 amide bonds. The minimum Gasteiger partial charge on any atom is -0.391 e. The van der Waals surface area contributed by atoms with Gasteiger partial charge in [-0.15, -0.1) is 0 Å². The number of aryl methyl sites for hydroxylation is 1. The Hall–Kier alpha value is -0.680. The second-order valence-electron chi connectivity index (χ2n) is 3.24. The Morgan fingerprint density at radius 3 is 3.08 bits per heavy atom. The van der Waals surface area contributed by atoms with Gasteiger partial charge in [0, 0.05) is 31.0 Å². The minimum absolute atomic E-state index is 0.186. The topological polar surface area (TPSA) is 49.2 Å². The highest BCUT2D eigenvalue weighted by Gasteiger charge is 2.22. The van der Waals surface area contributed by atoms with Crippen molar-refractivity contribution in [1.29, 1.82) is 0 Å². The summed E-state index contributed by atoms with van der Waals surface area (Å²) in [7, 11) is 0. The molecule has 0 spiro atoms. The van der Waals surface area contributed by atoms with Gasteiger partial charge < -0.3 is 10.0 Å². The number of aliphatic hydroxyl groups excluding tert-OH is 1. The highest BCUT2D eigenvalue weighted by Crippen LogP contribution is 2.22. The predicted molar refractivity (Wildman–Crippen MR) is 52.1 cm³/mol. The molecule has 1 N–H and O–H groups in total. The number of nitrogens with zero attached hydrogens (tertiary/aromatic N) is 3. The van der Waals surface area contributed by atoms with Crippen molar-refractivity contribution in [3.8, 4) is 0 Å². The van der Waals surface area contributed by atoms with Crippen molar-refractivity contribution in [2.45, 2.75) is 25.9 Å². The van der Waals surface area contributed by atoms with Crippen LogP contribution in [-0.4, -0.2) is 33.7 Å². The lowest BCUT2D eigenvalue weighted by Crippen LogP contribution is -2.20. The summed E-state index contributed by atoms with van der Waals surface area (Å²) in [5.74, 6) is 0.904. The lowest BCUT2D eigenvalue weighted by molar-refractivity contribution is 0.198. The quantitative estimate of drug-likeness (QED) is 0.760. The van der Waals surface area contributed by atoms with E-state index in [-0.39, 0.29) is 6.10 Å². The predicted octanol–water partition coefficient (Wildman–Crippen LogP) is 0.671. The summed E-state index contributed by atoms with van der Waals surface area (Å²) in [6, 6.07) is 0. The van der Waals surface area contributed by atoms with E-state index in [2.05, 4.69) is 14.3 Å². The zero-order chi connectivity index (χ0) is 9.26. The number of hydrogen-bond acceptors (Lipinski definition) is 5. The van der Waals surface area contributed by atoms with E-state index in [0.29, 0.717) is 6.54 Å². The molecule has 1 fully saturated rings. The van der Waals surface area contributed by atoms with Crippen molar-refractivity contribution in [2.24, 2.45) is 0 Å². The van der Waals surface area contributed by atoms with Gasteiger partial charge in [0.05, 0.1) is 6.10 Å². The Morgan fingerprint density at radius 2 is 2.54 bits per heavy atom. The van der Waals surface area contributed by atoms with Crippen molar-refractivity contribution >= 4 is 16.7 Å². The van der Waals surface area contributed by atoms with Crippen LogP contribution in [0.15, 0.2) is 0 Å². The van der Waals surface area contributed by atoms with Crippen LogP contribution in [0.3, 0.4) is 0 Å². The van der Waals surface area contributed by atoms with E-state index in [4.69, 9.17) is 0 Å². The molecule has 1 aromatic heterocycles. The first-order valence-corrected chi connectivity index (χ1v) is 5.32. The Kier molecular flexibility index (Phi) is 2.46. The summed E-state index contributed by atoms with van der Waals surface area (Å²) < 4.78 is 4.21. The van der Waals surface area contributed by atoms with E-state index in [9.17, 15) is 5.11 Å². The van der Waals surface area contributed by atoms with Crippen LogP contribution in [0.5, 0.6) is 0 Å². The van der Waals surface area contributed by atoms with Gasteiger partial charge in [0.2, 0.25) is 5.13 Å². The number of rotatable bonds is 2. The van der Waals surface area contributed by atoms with Crippen LogP contribution < -0.4 is 4.90 Å². The van der Waals surface area contributed by atoms with Crippen LogP contribution >= 0.6 is 11.5 Å². The van der Waals surface area contributed by atoms with Crippen LogP contribution in [0.1, 0.15) is 19.2 Å². The molecule has 2 rings (SSSR count). The number of anilines is 1. The molecule has 1 unspecified atom stereocenters. The van der Waals surface area contributed by atoms with Gasteiger partial charge in [-0.05, 0) is 6.42 Å². The van der Waals surface area contributed by atoms with Gasteiger partial charge in [0.25, 0.3) is 0 Å². The van der Waals surface area contributed by atoms with Gasteiger partial charge in [-0.25, -0.2) is 4.98 Å². The lowest BCUT2D eigenvalue weighted by atomic mass is 10.3. The van der Waals surface area contributed by atoms with Crippen molar-refractivity contribution in [3.63, 3.8) is 0 Å². The van der Waals surface area contributed by atoms with Gasteiger partial charge in [-0.2, -0.15) is 4.37 Å². The van der Waals surface area contributed by atoms with E-state index in [0.717, 1.165) is 30.3 Å². The van der Waals surface area contributed by atoms with E-state index < -0.39 is 0 Å². The molecular weight excluding hydrogens is 186 g/mol. The van der Waals surface area contributed by atoms with Gasteiger partial charge >= 0.3 is 0 Å². The molecule has 1 atom stereocenters. The fraction of sp³-hybridized carbons (Fsp3) is 0.750. The number of β-amino-alcohol motifs (C(OH)–C–C–N with tert-alkyl or cyclic N) is 1. The van der Waals surface area contributed by atoms with Gasteiger partial charge in [-0.3, -0.25) is 0 Å². The third-order valence-electron chi connectivity index (χ3n) is 2.21. The van der Waals surface area contributed by atoms with Gasteiger partial charge in [0.15, 0.2) is 0 Å². The Balaban J connectivity index is 2.08. The summed E-state index contributed by atoms with van der Waals surface area (Å²) in [6.07, 6.45) is 1.54. The van der Waals surface area contributed by atoms with Gasteiger partial charge in [-0.1, -0.05) is 6.92 Å². The Morgan fingerprint density at radius 1 is 1.69 bits per heavy atom. The van der Waals surface area contributed by atoms with Crippen molar-refractivity contribution in [2.75, 3.05) is 18.0 Å². The maximum atomic E-state index is 9.34. The third kappa shape index (κ3) is 1.81. The molecule has 1 aliphatic rings. The third-order valence-corrected chi connectivity index (χ3v) is 3.02. The van der Waals surface area contributed by atoms with Crippen molar-refractivity contribution in [1.82, 2.24) is 9.36 Å². The number of aliphatic hydroxyl groups is 1. The molecule has 2 heterocycles. The highest BCUT2D eigenvalue weighted by atomic mass is 32.1. The SMILES string of the molecule is CCc1nsc(N2CCC(O)C2)n1. The van der Waals surface area contributed by atoms with Crippen LogP contribution in [-0.2, 0) is 6.42 Å². The van der Waals surface area contributed by atoms with Crippen molar-refractivity contribution in [3.05, 3.63) is 5.82 Å². The fourth-order valence-electron chi connectivity index (χ4n) is 1.43. The monoisotopic (exact) mass is 199 g/mol.